The Balaban J connectivity index is 1.80. The van der Waals surface area contributed by atoms with Gasteiger partial charge in [-0.15, -0.1) is 0 Å². The molecule has 0 N–H and O–H groups in total. The molecule has 98 valence electrons. The molecule has 0 atom stereocenters. The Hall–Kier alpha value is -0.610. The van der Waals surface area contributed by atoms with Gasteiger partial charge in [-0.3, -0.25) is 0 Å². The average Bonchev–Trinajstić information content (AvgIpc) is 2.08. The third kappa shape index (κ3) is 1.77. The number of benzene rings is 1. The Morgan fingerprint density at radius 3 is 2.44 bits per heavy atom. The van der Waals surface area contributed by atoms with E-state index in [0.717, 1.165) is 30.4 Å². The lowest BCUT2D eigenvalue weighted by molar-refractivity contribution is -0.122. The molecule has 0 heterocycles. The molecule has 3 saturated carbocycles. The van der Waals surface area contributed by atoms with Crippen LogP contribution in [-0.4, -0.2) is 14.2 Å². The Morgan fingerprint density at radius 1 is 1.33 bits per heavy atom. The van der Waals surface area contributed by atoms with Gasteiger partial charge in [0.25, 0.3) is 0 Å². The molecule has 3 fully saturated rings. The molecule has 18 heavy (non-hydrogen) atoms. The maximum atomic E-state index is 13.1. The highest BCUT2D eigenvalue weighted by Crippen LogP contribution is 2.74. The molecule has 2 nitrogen and oxygen atoms in total. The summed E-state index contributed by atoms with van der Waals surface area (Å²) >= 11 is 0. The second kappa shape index (κ2) is 3.48. The summed E-state index contributed by atoms with van der Waals surface area (Å²) in [5.41, 5.74) is 2.09. The molecule has 0 saturated heterocycles. The fraction of sp³-hybridized carbons (Fsp3) is 0.538. The zero-order chi connectivity index (χ0) is 13.2. The Morgan fingerprint density at radius 2 is 1.94 bits per heavy atom. The first kappa shape index (κ1) is 12.4. The molecule has 1 aromatic rings. The first-order chi connectivity index (χ1) is 8.24. The summed E-state index contributed by atoms with van der Waals surface area (Å²) in [6.07, 6.45) is 2.58. The zero-order valence-electron chi connectivity index (χ0n) is 10.0. The zero-order valence-corrected chi connectivity index (χ0v) is 11.6. The van der Waals surface area contributed by atoms with E-state index in [0.29, 0.717) is 0 Å². The normalized spacial score (nSPS) is 33.7. The Bertz CT molecular complexity index is 604. The minimum Gasteiger partial charge on any atom is -0.212 e. The van der Waals surface area contributed by atoms with Gasteiger partial charge in [0.05, 0.1) is 5.75 Å². The largest absolute Gasteiger partial charge is 0.233 e. The van der Waals surface area contributed by atoms with Crippen molar-refractivity contribution in [3.05, 3.63) is 35.1 Å². The lowest BCUT2D eigenvalue weighted by Crippen LogP contribution is -2.66. The van der Waals surface area contributed by atoms with Crippen LogP contribution in [0.5, 0.6) is 0 Å². The van der Waals surface area contributed by atoms with E-state index in [1.54, 1.807) is 6.07 Å². The van der Waals surface area contributed by atoms with Crippen LogP contribution >= 0.6 is 10.7 Å². The van der Waals surface area contributed by atoms with Crippen LogP contribution in [0.1, 0.15) is 30.4 Å². The summed E-state index contributed by atoms with van der Waals surface area (Å²) in [5.74, 6) is -0.148. The molecule has 1 aromatic carbocycles. The van der Waals surface area contributed by atoms with Crippen LogP contribution in [0.25, 0.3) is 0 Å². The van der Waals surface area contributed by atoms with Crippen LogP contribution in [0.4, 0.5) is 4.39 Å². The SMILES string of the molecule is Cc1cc(F)ccc1C12CC(CS(=O)(=O)Cl)(C1)C2. The van der Waals surface area contributed by atoms with E-state index in [2.05, 4.69) is 0 Å². The maximum Gasteiger partial charge on any atom is 0.233 e. The van der Waals surface area contributed by atoms with Crippen molar-refractivity contribution < 1.29 is 12.8 Å². The van der Waals surface area contributed by atoms with Crippen molar-refractivity contribution in [2.45, 2.75) is 31.6 Å². The Labute approximate surface area is 111 Å². The van der Waals surface area contributed by atoms with Crippen molar-refractivity contribution in [1.29, 1.82) is 0 Å². The van der Waals surface area contributed by atoms with Crippen LogP contribution in [0.2, 0.25) is 0 Å². The number of rotatable bonds is 3. The van der Waals surface area contributed by atoms with Gasteiger partial charge in [0.2, 0.25) is 9.05 Å². The van der Waals surface area contributed by atoms with E-state index in [4.69, 9.17) is 10.7 Å². The molecule has 3 aliphatic rings. The van der Waals surface area contributed by atoms with E-state index >= 15 is 0 Å². The highest BCUT2D eigenvalue weighted by molar-refractivity contribution is 8.13. The van der Waals surface area contributed by atoms with Crippen molar-refractivity contribution in [2.24, 2.45) is 5.41 Å². The molecule has 2 bridgehead atoms. The highest BCUT2D eigenvalue weighted by Gasteiger charge is 2.69. The van der Waals surface area contributed by atoms with Crippen molar-refractivity contribution in [2.75, 3.05) is 5.75 Å². The predicted molar refractivity (Wildman–Crippen MR) is 68.7 cm³/mol. The van der Waals surface area contributed by atoms with Crippen molar-refractivity contribution in [1.82, 2.24) is 0 Å². The molecule has 0 unspecified atom stereocenters. The smallest absolute Gasteiger partial charge is 0.212 e. The van der Waals surface area contributed by atoms with Gasteiger partial charge in [-0.1, -0.05) is 6.07 Å². The highest BCUT2D eigenvalue weighted by atomic mass is 35.7. The Kier molecular flexibility index (Phi) is 2.40. The molecule has 4 rings (SSSR count). The van der Waals surface area contributed by atoms with Crippen LogP contribution in [0.3, 0.4) is 0 Å². The van der Waals surface area contributed by atoms with Gasteiger partial charge >= 0.3 is 0 Å². The van der Waals surface area contributed by atoms with Crippen molar-refractivity contribution >= 4 is 19.7 Å². The predicted octanol–water partition coefficient (Wildman–Crippen LogP) is 3.12. The summed E-state index contributed by atoms with van der Waals surface area (Å²) in [7, 11) is 1.90. The second-order valence-electron chi connectivity index (χ2n) is 5.95. The number of hydrogen-bond donors (Lipinski definition) is 0. The molecule has 3 aliphatic carbocycles. The topological polar surface area (TPSA) is 34.1 Å². The van der Waals surface area contributed by atoms with Gasteiger partial charge < -0.3 is 0 Å². The number of hydrogen-bond acceptors (Lipinski definition) is 2. The molecular formula is C13H14ClFO2S. The van der Waals surface area contributed by atoms with Crippen molar-refractivity contribution in [3.8, 4) is 0 Å². The summed E-state index contributed by atoms with van der Waals surface area (Å²) in [6, 6.07) is 4.86. The molecule has 0 amide bonds. The third-order valence-corrected chi connectivity index (χ3v) is 5.66. The van der Waals surface area contributed by atoms with Crippen molar-refractivity contribution in [3.63, 3.8) is 0 Å². The summed E-state index contributed by atoms with van der Waals surface area (Å²) in [4.78, 5) is 0. The standard InChI is InChI=1S/C13H14ClFO2S/c1-9-4-10(15)2-3-11(9)13-5-12(6-13,7-13)8-18(14,16)17/h2-4H,5-8H2,1H3. The first-order valence-corrected chi connectivity index (χ1v) is 8.41. The van der Waals surface area contributed by atoms with Crippen LogP contribution < -0.4 is 0 Å². The minimum absolute atomic E-state index is 0.0730. The summed E-state index contributed by atoms with van der Waals surface area (Å²) < 4.78 is 35.3. The minimum atomic E-state index is -3.42. The van der Waals surface area contributed by atoms with E-state index in [1.807, 2.05) is 13.0 Å². The lowest BCUT2D eigenvalue weighted by Gasteiger charge is -2.71. The van der Waals surface area contributed by atoms with Gasteiger partial charge in [0.15, 0.2) is 0 Å². The van der Waals surface area contributed by atoms with E-state index < -0.39 is 9.05 Å². The quantitative estimate of drug-likeness (QED) is 0.801. The summed E-state index contributed by atoms with van der Waals surface area (Å²) in [5, 5.41) is 0. The van der Waals surface area contributed by atoms with Crippen LogP contribution in [-0.2, 0) is 14.5 Å². The average molecular weight is 289 g/mol. The van der Waals surface area contributed by atoms with Gasteiger partial charge in [-0.05, 0) is 60.3 Å². The fourth-order valence-corrected chi connectivity index (χ4v) is 5.76. The summed E-state index contributed by atoms with van der Waals surface area (Å²) in [6.45, 7) is 1.91. The van der Waals surface area contributed by atoms with Gasteiger partial charge in [0, 0.05) is 10.7 Å². The molecule has 5 heteroatoms. The van der Waals surface area contributed by atoms with Gasteiger partial charge in [-0.2, -0.15) is 0 Å². The van der Waals surface area contributed by atoms with E-state index in [-0.39, 0.29) is 22.4 Å². The molecular weight excluding hydrogens is 275 g/mol. The third-order valence-electron chi connectivity index (χ3n) is 4.38. The lowest BCUT2D eigenvalue weighted by atomic mass is 9.34. The van der Waals surface area contributed by atoms with Crippen LogP contribution in [0, 0.1) is 18.2 Å². The van der Waals surface area contributed by atoms with Crippen LogP contribution in [0.15, 0.2) is 18.2 Å². The molecule has 0 aliphatic heterocycles. The number of aryl methyl sites for hydroxylation is 1. The molecule has 0 spiro atoms. The monoisotopic (exact) mass is 288 g/mol. The second-order valence-corrected chi connectivity index (χ2v) is 8.73. The van der Waals surface area contributed by atoms with Gasteiger partial charge in [-0.25, -0.2) is 12.8 Å². The van der Waals surface area contributed by atoms with E-state index in [9.17, 15) is 12.8 Å². The van der Waals surface area contributed by atoms with Gasteiger partial charge in [0.1, 0.15) is 5.82 Å². The maximum absolute atomic E-state index is 13.1. The first-order valence-electron chi connectivity index (χ1n) is 5.93. The molecule has 0 radical (unpaired) electrons. The molecule has 0 aromatic heterocycles. The number of halogens is 2. The van der Waals surface area contributed by atoms with E-state index in [1.165, 1.54) is 6.07 Å². The fourth-order valence-electron chi connectivity index (χ4n) is 4.02.